The molecule has 4 nitrogen and oxygen atoms in total. The molecule has 0 bridgehead atoms. The van der Waals surface area contributed by atoms with E-state index in [2.05, 4.69) is 5.32 Å². The van der Waals surface area contributed by atoms with Crippen LogP contribution in [0.5, 0.6) is 0 Å². The van der Waals surface area contributed by atoms with Crippen LogP contribution in [0.15, 0.2) is 18.2 Å². The van der Waals surface area contributed by atoms with Crippen molar-refractivity contribution in [2.75, 3.05) is 26.4 Å². The van der Waals surface area contributed by atoms with Gasteiger partial charge in [-0.3, -0.25) is 4.79 Å². The lowest BCUT2D eigenvalue weighted by Gasteiger charge is -2.32. The first-order valence-corrected chi connectivity index (χ1v) is 5.74. The minimum Gasteiger partial charge on any atom is -0.398 e. The molecule has 0 fully saturated rings. The summed E-state index contributed by atoms with van der Waals surface area (Å²) < 4.78 is 13.1. The first kappa shape index (κ1) is 14.4. The third kappa shape index (κ3) is 3.43. The van der Waals surface area contributed by atoms with Gasteiger partial charge in [-0.25, -0.2) is 4.39 Å². The molecule has 1 amide bonds. The van der Waals surface area contributed by atoms with E-state index < -0.39 is 5.82 Å². The van der Waals surface area contributed by atoms with E-state index in [0.717, 1.165) is 6.07 Å². The number of nitrogens with two attached hydrogens (primary N) is 1. The maximum absolute atomic E-state index is 13.1. The van der Waals surface area contributed by atoms with Gasteiger partial charge in [0.1, 0.15) is 5.82 Å². The van der Waals surface area contributed by atoms with Gasteiger partial charge in [-0.1, -0.05) is 0 Å². The molecular weight excluding hydrogens is 233 g/mol. The number of carbonyl (C=O) groups is 1. The molecule has 0 heterocycles. The summed E-state index contributed by atoms with van der Waals surface area (Å²) in [5.41, 5.74) is 5.91. The molecule has 0 radical (unpaired) electrons. The van der Waals surface area contributed by atoms with Gasteiger partial charge >= 0.3 is 0 Å². The Morgan fingerprint density at radius 1 is 1.44 bits per heavy atom. The van der Waals surface area contributed by atoms with Crippen LogP contribution in [-0.2, 0) is 0 Å². The molecule has 100 valence electrons. The molecule has 5 heteroatoms. The first-order chi connectivity index (χ1) is 8.24. The summed E-state index contributed by atoms with van der Waals surface area (Å²) in [6.45, 7) is 4.46. The highest BCUT2D eigenvalue weighted by atomic mass is 19.1. The monoisotopic (exact) mass is 253 g/mol. The Labute approximate surface area is 107 Å². The van der Waals surface area contributed by atoms with Gasteiger partial charge in [0.05, 0.1) is 5.56 Å². The molecule has 3 N–H and O–H groups in total. The molecule has 0 spiro atoms. The summed E-state index contributed by atoms with van der Waals surface area (Å²) in [7, 11) is 3.87. The summed E-state index contributed by atoms with van der Waals surface area (Å²) >= 11 is 0. The second-order valence-corrected chi connectivity index (χ2v) is 5.12. The largest absolute Gasteiger partial charge is 0.398 e. The summed E-state index contributed by atoms with van der Waals surface area (Å²) in [5, 5.41) is 2.76. The Bertz CT molecular complexity index is 444. The minimum atomic E-state index is -0.471. The Morgan fingerprint density at radius 2 is 2.06 bits per heavy atom. The summed E-state index contributed by atoms with van der Waals surface area (Å²) in [6.07, 6.45) is 0. The Morgan fingerprint density at radius 3 is 2.61 bits per heavy atom. The summed E-state index contributed by atoms with van der Waals surface area (Å²) in [6, 6.07) is 3.77. The molecule has 0 saturated carbocycles. The highest BCUT2D eigenvalue weighted by Crippen LogP contribution is 2.14. The van der Waals surface area contributed by atoms with E-state index in [1.807, 2.05) is 32.8 Å². The van der Waals surface area contributed by atoms with Crippen molar-refractivity contribution < 1.29 is 9.18 Å². The molecule has 0 aromatic heterocycles. The van der Waals surface area contributed by atoms with Crippen LogP contribution in [-0.4, -0.2) is 37.0 Å². The third-order valence-corrected chi connectivity index (χ3v) is 3.15. The van der Waals surface area contributed by atoms with Crippen molar-refractivity contribution in [1.29, 1.82) is 0 Å². The molecule has 0 aliphatic rings. The third-order valence-electron chi connectivity index (χ3n) is 3.15. The highest BCUT2D eigenvalue weighted by Gasteiger charge is 2.22. The van der Waals surface area contributed by atoms with Crippen molar-refractivity contribution in [3.8, 4) is 0 Å². The first-order valence-electron chi connectivity index (χ1n) is 5.74. The van der Waals surface area contributed by atoms with Crippen LogP contribution < -0.4 is 11.1 Å². The normalized spacial score (nSPS) is 11.7. The van der Waals surface area contributed by atoms with Crippen molar-refractivity contribution in [3.63, 3.8) is 0 Å². The topological polar surface area (TPSA) is 58.4 Å². The van der Waals surface area contributed by atoms with Crippen molar-refractivity contribution in [3.05, 3.63) is 29.6 Å². The standard InChI is InChI=1S/C13H20FN3O/c1-13(2,17(3)4)8-16-12(18)10-7-9(14)5-6-11(10)15/h5-7H,8,15H2,1-4H3,(H,16,18). The van der Waals surface area contributed by atoms with Gasteiger partial charge in [-0.15, -0.1) is 0 Å². The van der Waals surface area contributed by atoms with Gasteiger partial charge in [-0.05, 0) is 46.1 Å². The fourth-order valence-electron chi connectivity index (χ4n) is 1.28. The lowest BCUT2D eigenvalue weighted by atomic mass is 10.0. The van der Waals surface area contributed by atoms with Crippen LogP contribution in [0.3, 0.4) is 0 Å². The second kappa shape index (κ2) is 5.35. The molecule has 0 saturated heterocycles. The van der Waals surface area contributed by atoms with Crippen molar-refractivity contribution in [1.82, 2.24) is 10.2 Å². The zero-order valence-corrected chi connectivity index (χ0v) is 11.2. The molecule has 0 aliphatic heterocycles. The average molecular weight is 253 g/mol. The molecule has 0 unspecified atom stereocenters. The van der Waals surface area contributed by atoms with Gasteiger partial charge in [0.2, 0.25) is 0 Å². The predicted molar refractivity (Wildman–Crippen MR) is 70.9 cm³/mol. The maximum Gasteiger partial charge on any atom is 0.253 e. The number of carbonyl (C=O) groups excluding carboxylic acids is 1. The molecule has 0 aliphatic carbocycles. The predicted octanol–water partition coefficient (Wildman–Crippen LogP) is 1.48. The molecule has 1 rings (SSSR count). The van der Waals surface area contributed by atoms with Gasteiger partial charge in [-0.2, -0.15) is 0 Å². The van der Waals surface area contributed by atoms with Crippen LogP contribution in [0.2, 0.25) is 0 Å². The van der Waals surface area contributed by atoms with Crippen LogP contribution in [0.4, 0.5) is 10.1 Å². The fraction of sp³-hybridized carbons (Fsp3) is 0.462. The van der Waals surface area contributed by atoms with E-state index in [9.17, 15) is 9.18 Å². The van der Waals surface area contributed by atoms with Crippen LogP contribution in [0.25, 0.3) is 0 Å². The molecule has 1 aromatic carbocycles. The molecule has 0 atom stereocenters. The quantitative estimate of drug-likeness (QED) is 0.799. The number of nitrogens with one attached hydrogen (secondary N) is 1. The van der Waals surface area contributed by atoms with E-state index >= 15 is 0 Å². The lowest BCUT2D eigenvalue weighted by molar-refractivity contribution is 0.0920. The van der Waals surface area contributed by atoms with E-state index in [-0.39, 0.29) is 22.7 Å². The smallest absolute Gasteiger partial charge is 0.253 e. The number of hydrogen-bond donors (Lipinski definition) is 2. The Kier molecular flexibility index (Phi) is 4.29. The molecule has 1 aromatic rings. The van der Waals surface area contributed by atoms with Gasteiger partial charge < -0.3 is 16.0 Å². The van der Waals surface area contributed by atoms with Gasteiger partial charge in [0.25, 0.3) is 5.91 Å². The number of rotatable bonds is 4. The lowest BCUT2D eigenvalue weighted by Crippen LogP contribution is -2.48. The van der Waals surface area contributed by atoms with Crippen LogP contribution in [0, 0.1) is 5.82 Å². The maximum atomic E-state index is 13.1. The SMILES string of the molecule is CN(C)C(C)(C)CNC(=O)c1cc(F)ccc1N. The number of amides is 1. The molecular formula is C13H20FN3O. The van der Waals surface area contributed by atoms with E-state index in [1.165, 1.54) is 12.1 Å². The number of nitrogens with zero attached hydrogens (tertiary/aromatic N) is 1. The number of likely N-dealkylation sites (N-methyl/N-ethyl adjacent to an activating group) is 1. The van der Waals surface area contributed by atoms with E-state index in [1.54, 1.807) is 0 Å². The number of nitrogen functional groups attached to an aromatic ring is 1. The Hall–Kier alpha value is -1.62. The number of anilines is 1. The van der Waals surface area contributed by atoms with Crippen molar-refractivity contribution in [2.45, 2.75) is 19.4 Å². The number of benzene rings is 1. The van der Waals surface area contributed by atoms with Crippen LogP contribution >= 0.6 is 0 Å². The van der Waals surface area contributed by atoms with E-state index in [4.69, 9.17) is 5.73 Å². The number of hydrogen-bond acceptors (Lipinski definition) is 3. The van der Waals surface area contributed by atoms with Crippen molar-refractivity contribution >= 4 is 11.6 Å². The minimum absolute atomic E-state index is 0.171. The Balaban J connectivity index is 2.75. The van der Waals surface area contributed by atoms with Crippen molar-refractivity contribution in [2.24, 2.45) is 0 Å². The summed E-state index contributed by atoms with van der Waals surface area (Å²) in [4.78, 5) is 13.9. The molecule has 18 heavy (non-hydrogen) atoms. The zero-order valence-electron chi connectivity index (χ0n) is 11.2. The number of halogens is 1. The van der Waals surface area contributed by atoms with Gasteiger partial charge in [0.15, 0.2) is 0 Å². The van der Waals surface area contributed by atoms with Gasteiger partial charge in [0, 0.05) is 17.8 Å². The van der Waals surface area contributed by atoms with E-state index in [0.29, 0.717) is 6.54 Å². The highest BCUT2D eigenvalue weighted by molar-refractivity contribution is 5.99. The van der Waals surface area contributed by atoms with Crippen LogP contribution in [0.1, 0.15) is 24.2 Å². The average Bonchev–Trinajstić information content (AvgIpc) is 2.29. The second-order valence-electron chi connectivity index (χ2n) is 5.12. The zero-order chi connectivity index (χ0) is 13.9. The summed E-state index contributed by atoms with van der Waals surface area (Å²) in [5.74, 6) is -0.830. The fourth-order valence-corrected chi connectivity index (χ4v) is 1.28.